The van der Waals surface area contributed by atoms with E-state index in [1.165, 1.54) is 10.4 Å². The zero-order chi connectivity index (χ0) is 27.7. The van der Waals surface area contributed by atoms with Gasteiger partial charge in [0.25, 0.3) is 8.32 Å². The Labute approximate surface area is 233 Å². The Balaban J connectivity index is 1.50. The van der Waals surface area contributed by atoms with Crippen LogP contribution in [0.3, 0.4) is 0 Å². The largest absolute Gasteiger partial charge is 0.405 e. The molecule has 0 amide bonds. The molecule has 5 nitrogen and oxygen atoms in total. The molecule has 0 spiro atoms. The van der Waals surface area contributed by atoms with Gasteiger partial charge >= 0.3 is 0 Å². The van der Waals surface area contributed by atoms with Crippen LogP contribution in [0.5, 0.6) is 0 Å². The maximum atomic E-state index is 7.23. The van der Waals surface area contributed by atoms with Gasteiger partial charge in [0, 0.05) is 0 Å². The maximum absolute atomic E-state index is 7.23. The number of hydrogen-bond acceptors (Lipinski definition) is 5. The molecule has 5 rings (SSSR count). The Morgan fingerprint density at radius 2 is 1.38 bits per heavy atom. The summed E-state index contributed by atoms with van der Waals surface area (Å²) in [4.78, 5) is 0. The SMILES string of the molecule is C=C[C@@]12O[C@@H](CO[Si](c3ccccc3)(c3ccccc3)C(C)(C)C)[C@H](OCc3ccccc3)[C@@H]1OC(C)(C)O2. The van der Waals surface area contributed by atoms with Crippen molar-refractivity contribution >= 4 is 18.7 Å². The minimum absolute atomic E-state index is 0.157. The molecule has 2 aliphatic rings. The summed E-state index contributed by atoms with van der Waals surface area (Å²) in [6.45, 7) is 15.4. The van der Waals surface area contributed by atoms with Gasteiger partial charge in [0.15, 0.2) is 5.79 Å². The molecule has 3 aromatic carbocycles. The quantitative estimate of drug-likeness (QED) is 0.260. The summed E-state index contributed by atoms with van der Waals surface area (Å²) in [5.74, 6) is -1.93. The summed E-state index contributed by atoms with van der Waals surface area (Å²) in [6.07, 6.45) is 0.396. The summed E-state index contributed by atoms with van der Waals surface area (Å²) in [5, 5.41) is 2.28. The fourth-order valence-corrected chi connectivity index (χ4v) is 10.6. The first-order valence-corrected chi connectivity index (χ1v) is 15.6. The van der Waals surface area contributed by atoms with Crippen molar-refractivity contribution in [2.75, 3.05) is 6.61 Å². The summed E-state index contributed by atoms with van der Waals surface area (Å²) in [5.41, 5.74) is 1.08. The van der Waals surface area contributed by atoms with Gasteiger partial charge in [0.1, 0.15) is 18.3 Å². The second-order valence-electron chi connectivity index (χ2n) is 11.9. The van der Waals surface area contributed by atoms with Gasteiger partial charge in [-0.15, -0.1) is 0 Å². The van der Waals surface area contributed by atoms with Gasteiger partial charge in [-0.3, -0.25) is 0 Å². The van der Waals surface area contributed by atoms with E-state index in [-0.39, 0.29) is 5.04 Å². The van der Waals surface area contributed by atoms with E-state index < -0.39 is 38.2 Å². The van der Waals surface area contributed by atoms with Crippen LogP contribution in [0.25, 0.3) is 0 Å². The molecule has 206 valence electrons. The van der Waals surface area contributed by atoms with Crippen LogP contribution in [0.4, 0.5) is 0 Å². The highest BCUT2D eigenvalue weighted by Crippen LogP contribution is 2.48. The standard InChI is InChI=1S/C33H40O5Si/c1-7-33-30(37-32(5,6)38-33)29(34-23-25-17-11-8-12-18-25)28(36-33)24-35-39(31(2,3)4,26-19-13-9-14-20-26)27-21-15-10-16-22-27/h7-22,28-30H,1,23-24H2,2-6H3/t28-,29-,30-,33-/m0/s1. The third kappa shape index (κ3) is 5.30. The second-order valence-corrected chi connectivity index (χ2v) is 16.2. The molecule has 0 unspecified atom stereocenters. The number of benzene rings is 3. The highest BCUT2D eigenvalue weighted by atomic mass is 28.4. The molecule has 2 saturated heterocycles. The van der Waals surface area contributed by atoms with Crippen LogP contribution in [0, 0.1) is 0 Å². The maximum Gasteiger partial charge on any atom is 0.261 e. The third-order valence-electron chi connectivity index (χ3n) is 7.66. The summed E-state index contributed by atoms with van der Waals surface area (Å²) in [7, 11) is -2.78. The van der Waals surface area contributed by atoms with Crippen molar-refractivity contribution in [3.63, 3.8) is 0 Å². The van der Waals surface area contributed by atoms with E-state index in [9.17, 15) is 0 Å². The number of hydrogen-bond donors (Lipinski definition) is 0. The van der Waals surface area contributed by atoms with Gasteiger partial charge in [0.2, 0.25) is 5.79 Å². The fraction of sp³-hybridized carbons (Fsp3) is 0.394. The lowest BCUT2D eigenvalue weighted by Gasteiger charge is -2.43. The lowest BCUT2D eigenvalue weighted by atomic mass is 10.1. The number of ether oxygens (including phenoxy) is 4. The van der Waals surface area contributed by atoms with Gasteiger partial charge in [0.05, 0.1) is 13.2 Å². The van der Waals surface area contributed by atoms with E-state index in [1.54, 1.807) is 6.08 Å². The van der Waals surface area contributed by atoms with Crippen molar-refractivity contribution in [1.82, 2.24) is 0 Å². The van der Waals surface area contributed by atoms with Crippen LogP contribution in [-0.4, -0.2) is 44.8 Å². The Bertz CT molecular complexity index is 1200. The molecule has 0 radical (unpaired) electrons. The average Bonchev–Trinajstić information content (AvgIpc) is 3.35. The molecule has 0 aromatic heterocycles. The molecule has 2 aliphatic heterocycles. The van der Waals surface area contributed by atoms with Crippen LogP contribution < -0.4 is 10.4 Å². The second kappa shape index (κ2) is 10.8. The molecule has 2 heterocycles. The Hall–Kier alpha value is -2.58. The fourth-order valence-electron chi connectivity index (χ4n) is 6.00. The third-order valence-corrected chi connectivity index (χ3v) is 12.7. The molecular weight excluding hydrogens is 504 g/mol. The van der Waals surface area contributed by atoms with Crippen molar-refractivity contribution in [1.29, 1.82) is 0 Å². The predicted octanol–water partition coefficient (Wildman–Crippen LogP) is 5.58. The highest BCUT2D eigenvalue weighted by Gasteiger charge is 2.64. The molecule has 0 aliphatic carbocycles. The van der Waals surface area contributed by atoms with E-state index in [1.807, 2.05) is 32.0 Å². The summed E-state index contributed by atoms with van der Waals surface area (Å²) < 4.78 is 33.1. The van der Waals surface area contributed by atoms with E-state index >= 15 is 0 Å². The van der Waals surface area contributed by atoms with Crippen LogP contribution >= 0.6 is 0 Å². The van der Waals surface area contributed by atoms with Crippen LogP contribution in [0.1, 0.15) is 40.2 Å². The van der Waals surface area contributed by atoms with Crippen molar-refractivity contribution in [3.8, 4) is 0 Å². The van der Waals surface area contributed by atoms with Crippen molar-refractivity contribution in [2.24, 2.45) is 0 Å². The molecular formula is C33H40O5Si. The van der Waals surface area contributed by atoms with Crippen LogP contribution in [-0.2, 0) is 30.0 Å². The highest BCUT2D eigenvalue weighted by molar-refractivity contribution is 6.99. The Morgan fingerprint density at radius 1 is 0.846 bits per heavy atom. The van der Waals surface area contributed by atoms with Gasteiger partial charge in [-0.2, -0.15) is 0 Å². The molecule has 3 aromatic rings. The van der Waals surface area contributed by atoms with Crippen LogP contribution in [0.15, 0.2) is 104 Å². The summed E-state index contributed by atoms with van der Waals surface area (Å²) in [6, 6.07) is 31.4. The lowest BCUT2D eigenvalue weighted by molar-refractivity contribution is -0.248. The molecule has 2 fully saturated rings. The first-order chi connectivity index (χ1) is 18.6. The zero-order valence-electron chi connectivity index (χ0n) is 23.6. The molecule has 0 saturated carbocycles. The Kier molecular flexibility index (Phi) is 7.72. The van der Waals surface area contributed by atoms with E-state index in [4.69, 9.17) is 23.4 Å². The first kappa shape index (κ1) is 28.0. The van der Waals surface area contributed by atoms with Crippen molar-refractivity contribution < 1.29 is 23.4 Å². The van der Waals surface area contributed by atoms with Crippen molar-refractivity contribution in [3.05, 3.63) is 109 Å². The lowest BCUT2D eigenvalue weighted by Crippen LogP contribution is -2.67. The molecule has 0 bridgehead atoms. The molecule has 4 atom stereocenters. The monoisotopic (exact) mass is 544 g/mol. The van der Waals surface area contributed by atoms with Crippen molar-refractivity contribution in [2.45, 2.75) is 76.1 Å². The van der Waals surface area contributed by atoms with E-state index in [0.29, 0.717) is 13.2 Å². The minimum Gasteiger partial charge on any atom is -0.405 e. The van der Waals surface area contributed by atoms with Crippen LogP contribution in [0.2, 0.25) is 5.04 Å². The summed E-state index contributed by atoms with van der Waals surface area (Å²) >= 11 is 0. The molecule has 0 N–H and O–H groups in total. The predicted molar refractivity (Wildman–Crippen MR) is 156 cm³/mol. The smallest absolute Gasteiger partial charge is 0.261 e. The van der Waals surface area contributed by atoms with E-state index in [0.717, 1.165) is 5.56 Å². The molecule has 6 heteroatoms. The van der Waals surface area contributed by atoms with E-state index in [2.05, 4.69) is 100 Å². The minimum atomic E-state index is -2.78. The zero-order valence-corrected chi connectivity index (χ0v) is 24.6. The van der Waals surface area contributed by atoms with Gasteiger partial charge in [-0.1, -0.05) is 118 Å². The average molecular weight is 545 g/mol. The topological polar surface area (TPSA) is 46.2 Å². The first-order valence-electron chi connectivity index (χ1n) is 13.7. The number of fused-ring (bicyclic) bond motifs is 1. The van der Waals surface area contributed by atoms with Gasteiger partial charge in [-0.25, -0.2) is 0 Å². The molecule has 39 heavy (non-hydrogen) atoms. The van der Waals surface area contributed by atoms with Gasteiger partial charge in [-0.05, 0) is 40.9 Å². The Morgan fingerprint density at radius 3 is 1.90 bits per heavy atom. The number of rotatable bonds is 9. The normalized spacial score (nSPS) is 26.3. The van der Waals surface area contributed by atoms with Gasteiger partial charge < -0.3 is 23.4 Å².